The van der Waals surface area contributed by atoms with Gasteiger partial charge in [0.15, 0.2) is 0 Å². The van der Waals surface area contributed by atoms with Crippen molar-refractivity contribution in [1.82, 2.24) is 0 Å². The maximum absolute atomic E-state index is 12.4. The van der Waals surface area contributed by atoms with E-state index in [1.165, 1.54) is 0 Å². The zero-order chi connectivity index (χ0) is 16.6. The Labute approximate surface area is 134 Å². The lowest BCUT2D eigenvalue weighted by Gasteiger charge is -2.12. The van der Waals surface area contributed by atoms with E-state index >= 15 is 0 Å². The zero-order valence-electron chi connectivity index (χ0n) is 13.3. The van der Waals surface area contributed by atoms with Crippen molar-refractivity contribution in [2.45, 2.75) is 20.3 Å². The normalized spacial score (nSPS) is 10.9. The zero-order valence-corrected chi connectivity index (χ0v) is 13.3. The molecule has 0 unspecified atom stereocenters. The van der Waals surface area contributed by atoms with E-state index in [2.05, 4.69) is 0 Å². The van der Waals surface area contributed by atoms with Crippen LogP contribution in [0.5, 0.6) is 11.5 Å². The molecule has 0 atom stereocenters. The molecule has 4 nitrogen and oxygen atoms in total. The summed E-state index contributed by atoms with van der Waals surface area (Å²) in [5.41, 5.74) is 3.03. The third-order valence-corrected chi connectivity index (χ3v) is 4.06. The molecular weight excluding hydrogens is 292 g/mol. The number of phenolic OH excluding ortho intramolecular Hbond substituents is 1. The molecule has 1 aromatic heterocycles. The first-order chi connectivity index (χ1) is 11.0. The molecule has 3 rings (SSSR count). The summed E-state index contributed by atoms with van der Waals surface area (Å²) in [5, 5.41) is 10.8. The van der Waals surface area contributed by atoms with Gasteiger partial charge >= 0.3 is 5.63 Å². The molecular formula is C19H18O4. The number of methoxy groups -OCH3 is 1. The number of rotatable bonds is 3. The quantitative estimate of drug-likeness (QED) is 0.749. The summed E-state index contributed by atoms with van der Waals surface area (Å²) < 4.78 is 10.8. The predicted octanol–water partition coefficient (Wildman–Crippen LogP) is 3.71. The molecule has 0 fully saturated rings. The fraction of sp³-hybridized carbons (Fsp3) is 0.211. The molecule has 0 aliphatic heterocycles. The fourth-order valence-electron chi connectivity index (χ4n) is 2.90. The number of para-hydroxylation sites is 1. The van der Waals surface area contributed by atoms with Gasteiger partial charge < -0.3 is 14.3 Å². The van der Waals surface area contributed by atoms with Crippen molar-refractivity contribution in [2.75, 3.05) is 7.11 Å². The van der Waals surface area contributed by atoms with Gasteiger partial charge in [0.05, 0.1) is 12.5 Å². The van der Waals surface area contributed by atoms with Crippen molar-refractivity contribution in [3.8, 4) is 11.5 Å². The standard InChI is InChI=1S/C19H18O4/c1-11-8-15(20)18-12(2)14(19(21)23-17(18)9-11)10-13-6-4-5-7-16(13)22-3/h4-9,20H,10H2,1-3H3. The van der Waals surface area contributed by atoms with Gasteiger partial charge in [-0.15, -0.1) is 0 Å². The molecule has 23 heavy (non-hydrogen) atoms. The van der Waals surface area contributed by atoms with E-state index in [0.717, 1.165) is 22.4 Å². The van der Waals surface area contributed by atoms with Crippen LogP contribution in [0.4, 0.5) is 0 Å². The highest BCUT2D eigenvalue weighted by Gasteiger charge is 2.16. The summed E-state index contributed by atoms with van der Waals surface area (Å²) in [4.78, 5) is 12.4. The smallest absolute Gasteiger partial charge is 0.340 e. The number of fused-ring (bicyclic) bond motifs is 1. The first-order valence-electron chi connectivity index (χ1n) is 7.39. The Morgan fingerprint density at radius 1 is 1.17 bits per heavy atom. The van der Waals surface area contributed by atoms with Gasteiger partial charge in [0.25, 0.3) is 0 Å². The minimum absolute atomic E-state index is 0.127. The molecule has 1 N–H and O–H groups in total. The summed E-state index contributed by atoms with van der Waals surface area (Å²) in [5.74, 6) is 0.849. The molecule has 0 amide bonds. The van der Waals surface area contributed by atoms with E-state index < -0.39 is 0 Å². The fourth-order valence-corrected chi connectivity index (χ4v) is 2.90. The van der Waals surface area contributed by atoms with Gasteiger partial charge in [-0.3, -0.25) is 0 Å². The summed E-state index contributed by atoms with van der Waals surface area (Å²) in [6, 6.07) is 11.0. The number of ether oxygens (including phenoxy) is 1. The number of phenols is 1. The van der Waals surface area contributed by atoms with Crippen LogP contribution in [0.3, 0.4) is 0 Å². The maximum atomic E-state index is 12.4. The third kappa shape index (κ3) is 2.68. The second-order valence-corrected chi connectivity index (χ2v) is 5.64. The van der Waals surface area contributed by atoms with E-state index in [1.54, 1.807) is 19.2 Å². The highest BCUT2D eigenvalue weighted by Crippen LogP contribution is 2.31. The molecule has 0 aliphatic carbocycles. The van der Waals surface area contributed by atoms with Crippen molar-refractivity contribution in [3.63, 3.8) is 0 Å². The Balaban J connectivity index is 2.20. The maximum Gasteiger partial charge on any atom is 0.340 e. The molecule has 0 saturated carbocycles. The number of aromatic hydroxyl groups is 1. The molecule has 0 spiro atoms. The van der Waals surface area contributed by atoms with Crippen LogP contribution in [0.25, 0.3) is 11.0 Å². The summed E-state index contributed by atoms with van der Waals surface area (Å²) in [6.07, 6.45) is 0.390. The van der Waals surface area contributed by atoms with Crippen molar-refractivity contribution >= 4 is 11.0 Å². The highest BCUT2D eigenvalue weighted by molar-refractivity contribution is 5.87. The van der Waals surface area contributed by atoms with E-state index in [1.807, 2.05) is 38.1 Å². The van der Waals surface area contributed by atoms with Crippen molar-refractivity contribution < 1.29 is 14.3 Å². The van der Waals surface area contributed by atoms with Gasteiger partial charge in [-0.25, -0.2) is 4.79 Å². The summed E-state index contributed by atoms with van der Waals surface area (Å²) in [6.45, 7) is 3.68. The predicted molar refractivity (Wildman–Crippen MR) is 89.4 cm³/mol. The third-order valence-electron chi connectivity index (χ3n) is 4.06. The minimum Gasteiger partial charge on any atom is -0.507 e. The Bertz CT molecular complexity index is 938. The van der Waals surface area contributed by atoms with E-state index in [0.29, 0.717) is 23.0 Å². The number of aryl methyl sites for hydroxylation is 2. The Hall–Kier alpha value is -2.75. The number of benzene rings is 2. The molecule has 4 heteroatoms. The number of hydrogen-bond donors (Lipinski definition) is 1. The molecule has 0 bridgehead atoms. The van der Waals surface area contributed by atoms with Crippen LogP contribution in [-0.2, 0) is 6.42 Å². The SMILES string of the molecule is COc1ccccc1Cc1c(C)c2c(O)cc(C)cc2oc1=O. The number of hydrogen-bond acceptors (Lipinski definition) is 4. The van der Waals surface area contributed by atoms with E-state index in [4.69, 9.17) is 9.15 Å². The largest absolute Gasteiger partial charge is 0.507 e. The van der Waals surface area contributed by atoms with Gasteiger partial charge in [0, 0.05) is 12.0 Å². The topological polar surface area (TPSA) is 59.7 Å². The first-order valence-corrected chi connectivity index (χ1v) is 7.39. The molecule has 1 heterocycles. The van der Waals surface area contributed by atoms with Gasteiger partial charge in [-0.2, -0.15) is 0 Å². The molecule has 118 valence electrons. The second kappa shape index (κ2) is 5.80. The van der Waals surface area contributed by atoms with Gasteiger partial charge in [-0.1, -0.05) is 18.2 Å². The van der Waals surface area contributed by atoms with Gasteiger partial charge in [0.1, 0.15) is 17.1 Å². The highest BCUT2D eigenvalue weighted by atomic mass is 16.5. The lowest BCUT2D eigenvalue weighted by Crippen LogP contribution is -2.11. The van der Waals surface area contributed by atoms with Crippen LogP contribution in [0.2, 0.25) is 0 Å². The molecule has 2 aromatic carbocycles. The second-order valence-electron chi connectivity index (χ2n) is 5.64. The lowest BCUT2D eigenvalue weighted by molar-refractivity contribution is 0.410. The average Bonchev–Trinajstić information content (AvgIpc) is 2.50. The van der Waals surface area contributed by atoms with Crippen molar-refractivity contribution in [1.29, 1.82) is 0 Å². The van der Waals surface area contributed by atoms with Crippen LogP contribution in [0.1, 0.15) is 22.3 Å². The van der Waals surface area contributed by atoms with Crippen LogP contribution in [-0.4, -0.2) is 12.2 Å². The summed E-state index contributed by atoms with van der Waals surface area (Å²) in [7, 11) is 1.60. The Morgan fingerprint density at radius 3 is 2.65 bits per heavy atom. The monoisotopic (exact) mass is 310 g/mol. The molecule has 0 aliphatic rings. The Kier molecular flexibility index (Phi) is 3.82. The first kappa shape index (κ1) is 15.2. The van der Waals surface area contributed by atoms with E-state index in [-0.39, 0.29) is 11.4 Å². The van der Waals surface area contributed by atoms with Crippen LogP contribution >= 0.6 is 0 Å². The van der Waals surface area contributed by atoms with Crippen molar-refractivity contribution in [3.05, 3.63) is 69.1 Å². The lowest BCUT2D eigenvalue weighted by atomic mass is 9.98. The van der Waals surface area contributed by atoms with Gasteiger partial charge in [-0.05, 0) is 48.7 Å². The summed E-state index contributed by atoms with van der Waals surface area (Å²) >= 11 is 0. The van der Waals surface area contributed by atoms with Crippen molar-refractivity contribution in [2.24, 2.45) is 0 Å². The van der Waals surface area contributed by atoms with Crippen LogP contribution in [0.15, 0.2) is 45.6 Å². The molecule has 3 aromatic rings. The van der Waals surface area contributed by atoms with Crippen LogP contribution < -0.4 is 10.4 Å². The minimum atomic E-state index is -0.383. The van der Waals surface area contributed by atoms with Gasteiger partial charge in [0.2, 0.25) is 0 Å². The molecule has 0 saturated heterocycles. The van der Waals surface area contributed by atoms with E-state index in [9.17, 15) is 9.90 Å². The Morgan fingerprint density at radius 2 is 1.91 bits per heavy atom. The van der Waals surface area contributed by atoms with Crippen LogP contribution in [0, 0.1) is 13.8 Å². The molecule has 0 radical (unpaired) electrons. The average molecular weight is 310 g/mol.